The van der Waals surface area contributed by atoms with Crippen molar-refractivity contribution in [2.24, 2.45) is 17.6 Å². The van der Waals surface area contributed by atoms with Crippen LogP contribution in [-0.2, 0) is 22.7 Å². The van der Waals surface area contributed by atoms with Crippen LogP contribution in [-0.4, -0.2) is 40.7 Å². The van der Waals surface area contributed by atoms with E-state index in [4.69, 9.17) is 5.73 Å². The summed E-state index contributed by atoms with van der Waals surface area (Å²) in [5, 5.41) is 6.00. The molecule has 4 aliphatic rings. The van der Waals surface area contributed by atoms with Crippen LogP contribution in [0.3, 0.4) is 0 Å². The van der Waals surface area contributed by atoms with E-state index in [-0.39, 0.29) is 24.1 Å². The van der Waals surface area contributed by atoms with E-state index in [1.807, 2.05) is 18.2 Å². The highest BCUT2D eigenvalue weighted by atomic mass is 16.2. The van der Waals surface area contributed by atoms with Gasteiger partial charge in [0.15, 0.2) is 0 Å². The van der Waals surface area contributed by atoms with E-state index >= 15 is 0 Å². The van der Waals surface area contributed by atoms with Crippen LogP contribution in [0.25, 0.3) is 0 Å². The van der Waals surface area contributed by atoms with Crippen molar-refractivity contribution in [2.75, 3.05) is 0 Å². The second-order valence-electron chi connectivity index (χ2n) is 8.74. The Labute approximate surface area is 164 Å². The van der Waals surface area contributed by atoms with Gasteiger partial charge in [0.05, 0.1) is 0 Å². The molecule has 148 valence electrons. The number of hydrogen-bond acceptors (Lipinski definition) is 5. The highest BCUT2D eigenvalue weighted by Gasteiger charge is 2.44. The van der Waals surface area contributed by atoms with Crippen molar-refractivity contribution in [3.63, 3.8) is 0 Å². The van der Waals surface area contributed by atoms with Crippen LogP contribution in [0.5, 0.6) is 0 Å². The summed E-state index contributed by atoms with van der Waals surface area (Å²) in [7, 11) is 0. The standard InChI is InChI=1S/C21H26N4O3/c22-15-7-11-6-14(15)16(8-11)23-9-12-2-1-3-13-10-25(21(28)19(12)13)17-4-5-18(26)24-20(17)27/h1-3,11,14-17,23H,4-10,22H2,(H,24,26,27)/t11-,14+,15-,16+,17?/m1/s1. The number of hydrogen-bond donors (Lipinski definition) is 3. The molecule has 5 atom stereocenters. The van der Waals surface area contributed by atoms with Gasteiger partial charge in [0.25, 0.3) is 5.91 Å². The Morgan fingerprint density at radius 3 is 2.79 bits per heavy atom. The first-order valence-electron chi connectivity index (χ1n) is 10.3. The summed E-state index contributed by atoms with van der Waals surface area (Å²) in [5.41, 5.74) is 8.90. The zero-order chi connectivity index (χ0) is 19.4. The molecule has 0 spiro atoms. The number of fused-ring (bicyclic) bond motifs is 3. The average molecular weight is 382 g/mol. The van der Waals surface area contributed by atoms with Gasteiger partial charge in [-0.25, -0.2) is 0 Å². The van der Waals surface area contributed by atoms with Crippen LogP contribution in [0.15, 0.2) is 18.2 Å². The molecular weight excluding hydrogens is 356 g/mol. The Balaban J connectivity index is 1.31. The summed E-state index contributed by atoms with van der Waals surface area (Å²) in [6.07, 6.45) is 4.19. The fourth-order valence-corrected chi connectivity index (χ4v) is 5.72. The first-order chi connectivity index (χ1) is 13.5. The van der Waals surface area contributed by atoms with Gasteiger partial charge in [0, 0.05) is 37.2 Å². The Kier molecular flexibility index (Phi) is 4.25. The molecule has 7 nitrogen and oxygen atoms in total. The summed E-state index contributed by atoms with van der Waals surface area (Å²) >= 11 is 0. The third-order valence-electron chi connectivity index (χ3n) is 7.06. The molecular formula is C21H26N4O3. The van der Waals surface area contributed by atoms with E-state index in [9.17, 15) is 14.4 Å². The fourth-order valence-electron chi connectivity index (χ4n) is 5.72. The number of benzene rings is 1. The molecule has 7 heteroatoms. The lowest BCUT2D eigenvalue weighted by atomic mass is 9.91. The molecule has 0 aromatic heterocycles. The molecule has 0 radical (unpaired) electrons. The molecule has 1 saturated heterocycles. The van der Waals surface area contributed by atoms with Gasteiger partial charge in [-0.2, -0.15) is 0 Å². The summed E-state index contributed by atoms with van der Waals surface area (Å²) < 4.78 is 0. The maximum atomic E-state index is 13.1. The molecule has 3 amide bonds. The zero-order valence-electron chi connectivity index (χ0n) is 15.8. The summed E-state index contributed by atoms with van der Waals surface area (Å²) in [6.45, 7) is 1.06. The fraction of sp³-hybridized carbons (Fsp3) is 0.571. The lowest BCUT2D eigenvalue weighted by Gasteiger charge is -2.29. The number of nitrogens with one attached hydrogen (secondary N) is 2. The highest BCUT2D eigenvalue weighted by Crippen LogP contribution is 2.44. The number of amides is 3. The highest BCUT2D eigenvalue weighted by molar-refractivity contribution is 6.05. The van der Waals surface area contributed by atoms with Gasteiger partial charge in [-0.3, -0.25) is 19.7 Å². The molecule has 2 bridgehead atoms. The van der Waals surface area contributed by atoms with Crippen molar-refractivity contribution in [2.45, 2.75) is 63.3 Å². The number of nitrogens with two attached hydrogens (primary N) is 1. The molecule has 3 fully saturated rings. The third kappa shape index (κ3) is 2.84. The van der Waals surface area contributed by atoms with Crippen molar-refractivity contribution >= 4 is 17.7 Å². The first kappa shape index (κ1) is 17.8. The smallest absolute Gasteiger partial charge is 0.255 e. The van der Waals surface area contributed by atoms with Gasteiger partial charge in [0.1, 0.15) is 6.04 Å². The maximum absolute atomic E-state index is 13.1. The largest absolute Gasteiger partial charge is 0.327 e. The van der Waals surface area contributed by atoms with Crippen LogP contribution < -0.4 is 16.4 Å². The van der Waals surface area contributed by atoms with Gasteiger partial charge in [-0.15, -0.1) is 0 Å². The first-order valence-corrected chi connectivity index (χ1v) is 10.3. The van der Waals surface area contributed by atoms with E-state index in [0.717, 1.165) is 23.5 Å². The molecule has 4 N–H and O–H groups in total. The monoisotopic (exact) mass is 382 g/mol. The Morgan fingerprint density at radius 1 is 1.18 bits per heavy atom. The maximum Gasteiger partial charge on any atom is 0.255 e. The van der Waals surface area contributed by atoms with Crippen molar-refractivity contribution in [3.05, 3.63) is 34.9 Å². The molecule has 2 aliphatic carbocycles. The second-order valence-corrected chi connectivity index (χ2v) is 8.74. The Morgan fingerprint density at radius 2 is 2.04 bits per heavy atom. The van der Waals surface area contributed by atoms with E-state index < -0.39 is 6.04 Å². The minimum atomic E-state index is -0.568. The van der Waals surface area contributed by atoms with Crippen LogP contribution in [0.2, 0.25) is 0 Å². The second kappa shape index (κ2) is 6.67. The van der Waals surface area contributed by atoms with Crippen LogP contribution >= 0.6 is 0 Å². The Bertz CT molecular complexity index is 854. The van der Waals surface area contributed by atoms with Gasteiger partial charge < -0.3 is 16.0 Å². The normalized spacial score (nSPS) is 34.1. The number of piperidine rings is 1. The van der Waals surface area contributed by atoms with E-state index in [1.54, 1.807) is 4.90 Å². The zero-order valence-corrected chi connectivity index (χ0v) is 15.8. The molecule has 5 rings (SSSR count). The lowest BCUT2D eigenvalue weighted by molar-refractivity contribution is -0.136. The Hall–Kier alpha value is -2.25. The predicted octanol–water partition coefficient (Wildman–Crippen LogP) is 0.663. The summed E-state index contributed by atoms with van der Waals surface area (Å²) in [4.78, 5) is 38.4. The minimum absolute atomic E-state index is 0.105. The van der Waals surface area contributed by atoms with Crippen molar-refractivity contribution in [1.82, 2.24) is 15.5 Å². The molecule has 1 aromatic rings. The third-order valence-corrected chi connectivity index (χ3v) is 7.06. The number of carbonyl (C=O) groups excluding carboxylic acids is 3. The number of nitrogens with zero attached hydrogens (tertiary/aromatic N) is 1. The summed E-state index contributed by atoms with van der Waals surface area (Å²) in [5.74, 6) is 0.542. The van der Waals surface area contributed by atoms with Crippen molar-refractivity contribution < 1.29 is 14.4 Å². The van der Waals surface area contributed by atoms with Gasteiger partial charge >= 0.3 is 0 Å². The molecule has 28 heavy (non-hydrogen) atoms. The average Bonchev–Trinajstić information content (AvgIpc) is 3.32. The van der Waals surface area contributed by atoms with Gasteiger partial charge in [-0.05, 0) is 48.6 Å². The lowest BCUT2D eigenvalue weighted by Crippen LogP contribution is -2.52. The molecule has 1 aromatic carbocycles. The van der Waals surface area contributed by atoms with Crippen LogP contribution in [0.1, 0.15) is 53.6 Å². The number of rotatable bonds is 4. The van der Waals surface area contributed by atoms with Crippen molar-refractivity contribution in [1.29, 1.82) is 0 Å². The molecule has 2 aliphatic heterocycles. The van der Waals surface area contributed by atoms with E-state index in [2.05, 4.69) is 10.6 Å². The molecule has 1 unspecified atom stereocenters. The molecule has 2 heterocycles. The van der Waals surface area contributed by atoms with Crippen LogP contribution in [0.4, 0.5) is 0 Å². The van der Waals surface area contributed by atoms with Gasteiger partial charge in [0.2, 0.25) is 11.8 Å². The predicted molar refractivity (Wildman–Crippen MR) is 102 cm³/mol. The van der Waals surface area contributed by atoms with Crippen LogP contribution in [0, 0.1) is 11.8 Å². The number of carbonyl (C=O) groups is 3. The summed E-state index contributed by atoms with van der Waals surface area (Å²) in [6, 6.07) is 6.07. The molecule has 2 saturated carbocycles. The SMILES string of the molecule is N[C@@H]1C[C@H]2C[C@@H]1[C@@H](NCc1cccc3c1C(=O)N(C1CCC(=O)NC1=O)C3)C2. The quantitative estimate of drug-likeness (QED) is 0.664. The number of imide groups is 1. The van der Waals surface area contributed by atoms with Gasteiger partial charge in [-0.1, -0.05) is 18.2 Å². The van der Waals surface area contributed by atoms with E-state index in [0.29, 0.717) is 43.1 Å². The topological polar surface area (TPSA) is 105 Å². The minimum Gasteiger partial charge on any atom is -0.327 e. The van der Waals surface area contributed by atoms with Crippen molar-refractivity contribution in [3.8, 4) is 0 Å². The van der Waals surface area contributed by atoms with E-state index in [1.165, 1.54) is 12.8 Å².